The van der Waals surface area contributed by atoms with E-state index in [0.717, 1.165) is 29.9 Å². The number of carbonyl (C=O) groups excluding carboxylic acids is 1. The number of aryl methyl sites for hydroxylation is 1. The molecule has 288 valence electrons. The van der Waals surface area contributed by atoms with Crippen LogP contribution in [0.15, 0.2) is 66.7 Å². The van der Waals surface area contributed by atoms with Crippen LogP contribution in [0, 0.1) is 29.6 Å². The van der Waals surface area contributed by atoms with Crippen LogP contribution in [-0.2, 0) is 11.2 Å². The third-order valence-corrected chi connectivity index (χ3v) is 11.1. The van der Waals surface area contributed by atoms with E-state index in [1.807, 2.05) is 30.3 Å². The Hall–Kier alpha value is -3.95. The number of aliphatic hydroxyl groups is 4. The molecule has 1 aliphatic heterocycles. The molecule has 1 saturated heterocycles. The van der Waals surface area contributed by atoms with Gasteiger partial charge in [-0.3, -0.25) is 4.79 Å². The maximum Gasteiger partial charge on any atom is 0.253 e. The molecule has 1 saturated carbocycles. The van der Waals surface area contributed by atoms with Crippen molar-refractivity contribution in [3.63, 3.8) is 0 Å². The van der Waals surface area contributed by atoms with Crippen LogP contribution in [0.2, 0.25) is 0 Å². The summed E-state index contributed by atoms with van der Waals surface area (Å²) in [6.45, 7) is 3.86. The van der Waals surface area contributed by atoms with Gasteiger partial charge in [0.15, 0.2) is 6.29 Å². The first-order valence-corrected chi connectivity index (χ1v) is 20.3. The van der Waals surface area contributed by atoms with Crippen molar-refractivity contribution in [1.82, 2.24) is 5.32 Å². The van der Waals surface area contributed by atoms with Crippen molar-refractivity contribution < 1.29 is 30.0 Å². The molecule has 0 bridgehead atoms. The highest BCUT2D eigenvalue weighted by molar-refractivity contribution is 5.97. The van der Waals surface area contributed by atoms with Crippen molar-refractivity contribution in [3.05, 3.63) is 106 Å². The van der Waals surface area contributed by atoms with Crippen molar-refractivity contribution in [3.8, 4) is 23.7 Å². The van der Waals surface area contributed by atoms with Crippen LogP contribution >= 0.6 is 0 Å². The Morgan fingerprint density at radius 3 is 2.02 bits per heavy atom. The van der Waals surface area contributed by atoms with Gasteiger partial charge in [0.25, 0.3) is 5.91 Å². The normalized spacial score (nSPS) is 23.8. The zero-order valence-corrected chi connectivity index (χ0v) is 32.1. The van der Waals surface area contributed by atoms with Gasteiger partial charge in [-0.2, -0.15) is 0 Å². The van der Waals surface area contributed by atoms with Crippen molar-refractivity contribution >= 4 is 5.91 Å². The van der Waals surface area contributed by atoms with Gasteiger partial charge in [-0.1, -0.05) is 113 Å². The van der Waals surface area contributed by atoms with Gasteiger partial charge in [-0.25, -0.2) is 0 Å². The quantitative estimate of drug-likeness (QED) is 0.0872. The van der Waals surface area contributed by atoms with Crippen LogP contribution < -0.4 is 5.32 Å². The lowest BCUT2D eigenvalue weighted by molar-refractivity contribution is -0.252. The number of aliphatic hydroxyl groups excluding tert-OH is 4. The third-order valence-electron chi connectivity index (χ3n) is 11.1. The van der Waals surface area contributed by atoms with Gasteiger partial charge in [-0.15, -0.1) is 0 Å². The highest BCUT2D eigenvalue weighted by Gasteiger charge is 2.44. The molecule has 2 aliphatic rings. The minimum Gasteiger partial charge on any atom is -0.394 e. The molecular formula is C47H59NO6. The fourth-order valence-corrected chi connectivity index (χ4v) is 7.68. The summed E-state index contributed by atoms with van der Waals surface area (Å²) >= 11 is 0. The number of benzene rings is 3. The van der Waals surface area contributed by atoms with Crippen molar-refractivity contribution in [2.75, 3.05) is 6.61 Å². The topological polar surface area (TPSA) is 119 Å². The minimum absolute atomic E-state index is 0.206. The standard InChI is InChI=1S/C47H59NO6/c1-3-5-7-8-10-12-34-19-25-38(26-20-34)39-27-21-36(22-28-39)23-29-40-30-24-37(18-17-35-15-13-33(14-16-35)11-9-6-4-2)31-41(40)46(52)48-43-45(51)44(50)42(32-49)54-47(43)53/h13-16,21-22,24,27-28,30-31,34,38,42-45,47,49-51,53H,3-12,19-20,25-26,32H2,1-2H3,(H,48,52)/t34?,38?,42?,43?,44-,45+,47+/m0/s1. The third kappa shape index (κ3) is 11.8. The van der Waals surface area contributed by atoms with E-state index in [-0.39, 0.29) is 5.56 Å². The Morgan fingerprint density at radius 1 is 0.722 bits per heavy atom. The van der Waals surface area contributed by atoms with Crippen molar-refractivity contribution in [2.45, 2.75) is 140 Å². The van der Waals surface area contributed by atoms with E-state index in [1.54, 1.807) is 12.1 Å². The second kappa shape index (κ2) is 21.2. The van der Waals surface area contributed by atoms with Crippen LogP contribution in [-0.4, -0.2) is 63.6 Å². The average molecular weight is 734 g/mol. The molecule has 0 spiro atoms. The molecule has 1 aliphatic carbocycles. The summed E-state index contributed by atoms with van der Waals surface area (Å²) in [5.74, 6) is 13.6. The van der Waals surface area contributed by atoms with Crippen molar-refractivity contribution in [2.24, 2.45) is 5.92 Å². The Kier molecular flexibility index (Phi) is 16.2. The van der Waals surface area contributed by atoms with Gasteiger partial charge < -0.3 is 30.5 Å². The lowest BCUT2D eigenvalue weighted by Gasteiger charge is -2.40. The number of carbonyl (C=O) groups is 1. The number of nitrogens with one attached hydrogen (secondary N) is 1. The fraction of sp³-hybridized carbons (Fsp3) is 0.511. The van der Waals surface area contributed by atoms with E-state index in [4.69, 9.17) is 4.74 Å². The van der Waals surface area contributed by atoms with Crippen LogP contribution in [0.1, 0.15) is 147 Å². The van der Waals surface area contributed by atoms with Crippen LogP contribution in [0.25, 0.3) is 0 Å². The van der Waals surface area contributed by atoms with Crippen LogP contribution in [0.4, 0.5) is 0 Å². The summed E-state index contributed by atoms with van der Waals surface area (Å²) in [5.41, 5.74) is 5.57. The molecule has 3 aromatic rings. The lowest BCUT2D eigenvalue weighted by atomic mass is 9.77. The molecule has 54 heavy (non-hydrogen) atoms. The molecule has 0 aromatic heterocycles. The van der Waals surface area contributed by atoms with E-state index in [2.05, 4.69) is 67.1 Å². The number of amides is 1. The maximum atomic E-state index is 13.8. The van der Waals surface area contributed by atoms with Crippen LogP contribution in [0.3, 0.4) is 0 Å². The monoisotopic (exact) mass is 733 g/mol. The Morgan fingerprint density at radius 2 is 1.33 bits per heavy atom. The molecule has 2 fully saturated rings. The molecule has 5 N–H and O–H groups in total. The molecule has 1 amide bonds. The Labute approximate surface area is 322 Å². The zero-order chi connectivity index (χ0) is 38.3. The SMILES string of the molecule is CCCCCCCC1CCC(c2ccc(C#Cc3ccc(C#Cc4ccc(CCCCC)cc4)cc3C(=O)NC3[C@H](O)OC(CO)[C@H](O)[C@@H]3O)cc2)CC1. The molecule has 5 rings (SSSR count). The maximum absolute atomic E-state index is 13.8. The molecule has 7 heteroatoms. The number of ether oxygens (including phenoxy) is 1. The Balaban J connectivity index is 1.30. The molecule has 1 heterocycles. The van der Waals surface area contributed by atoms with Gasteiger partial charge >= 0.3 is 0 Å². The summed E-state index contributed by atoms with van der Waals surface area (Å²) in [7, 11) is 0. The van der Waals surface area contributed by atoms with E-state index in [0.29, 0.717) is 17.0 Å². The van der Waals surface area contributed by atoms with Gasteiger partial charge in [-0.05, 0) is 104 Å². The molecule has 7 nitrogen and oxygen atoms in total. The Bertz CT molecular complexity index is 1740. The summed E-state index contributed by atoms with van der Waals surface area (Å²) in [6, 6.07) is 20.5. The van der Waals surface area contributed by atoms with E-state index in [9.17, 15) is 25.2 Å². The number of rotatable bonds is 14. The number of hydrogen-bond acceptors (Lipinski definition) is 6. The van der Waals surface area contributed by atoms with Gasteiger partial charge in [0.1, 0.15) is 24.4 Å². The first-order valence-electron chi connectivity index (χ1n) is 20.3. The van der Waals surface area contributed by atoms with E-state index >= 15 is 0 Å². The van der Waals surface area contributed by atoms with Crippen LogP contribution in [0.5, 0.6) is 0 Å². The largest absolute Gasteiger partial charge is 0.394 e. The predicted octanol–water partition coefficient (Wildman–Crippen LogP) is 7.38. The van der Waals surface area contributed by atoms with Gasteiger partial charge in [0.05, 0.1) is 12.2 Å². The number of unbranched alkanes of at least 4 members (excludes halogenated alkanes) is 6. The van der Waals surface area contributed by atoms with Gasteiger partial charge in [0.2, 0.25) is 0 Å². The van der Waals surface area contributed by atoms with E-state index in [1.165, 1.54) is 88.2 Å². The second-order valence-corrected chi connectivity index (χ2v) is 15.2. The molecule has 2 unspecified atom stereocenters. The summed E-state index contributed by atoms with van der Waals surface area (Å²) in [5, 5.41) is 43.7. The minimum atomic E-state index is -1.64. The highest BCUT2D eigenvalue weighted by Crippen LogP contribution is 2.38. The second-order valence-electron chi connectivity index (χ2n) is 15.2. The number of hydrogen-bond donors (Lipinski definition) is 5. The first kappa shape index (κ1) is 41.2. The lowest BCUT2D eigenvalue weighted by Crippen LogP contribution is -2.64. The molecule has 3 aromatic carbocycles. The highest BCUT2D eigenvalue weighted by atomic mass is 16.6. The predicted molar refractivity (Wildman–Crippen MR) is 214 cm³/mol. The summed E-state index contributed by atoms with van der Waals surface area (Å²) in [4.78, 5) is 13.8. The molecule has 0 radical (unpaired) electrons. The average Bonchev–Trinajstić information content (AvgIpc) is 3.20. The van der Waals surface area contributed by atoms with Crippen molar-refractivity contribution in [1.29, 1.82) is 0 Å². The first-order chi connectivity index (χ1) is 26.3. The summed E-state index contributed by atoms with van der Waals surface area (Å²) in [6.07, 6.45) is 11.9. The van der Waals surface area contributed by atoms with Gasteiger partial charge in [0, 0.05) is 22.3 Å². The molecular weight excluding hydrogens is 675 g/mol. The molecule has 5 atom stereocenters. The smallest absolute Gasteiger partial charge is 0.253 e. The zero-order valence-electron chi connectivity index (χ0n) is 32.1. The fourth-order valence-electron chi connectivity index (χ4n) is 7.68. The summed E-state index contributed by atoms with van der Waals surface area (Å²) < 4.78 is 5.27. The van der Waals surface area contributed by atoms with E-state index < -0.39 is 43.2 Å².